The molecule has 3 aromatic rings. The molecule has 0 atom stereocenters. The lowest BCUT2D eigenvalue weighted by Gasteiger charge is -2.03. The highest BCUT2D eigenvalue weighted by molar-refractivity contribution is 6.30. The fourth-order valence-corrected chi connectivity index (χ4v) is 2.26. The Morgan fingerprint density at radius 2 is 1.86 bits per heavy atom. The fraction of sp³-hybridized carbons (Fsp3) is 0.125. The molecule has 0 aliphatic heterocycles. The summed E-state index contributed by atoms with van der Waals surface area (Å²) in [6.07, 6.45) is 1.78. The number of aromatic nitrogens is 3. The molecule has 0 amide bonds. The summed E-state index contributed by atoms with van der Waals surface area (Å²) in [4.78, 5) is 1.64. The molecular formula is C16H15ClN4. The summed E-state index contributed by atoms with van der Waals surface area (Å²) in [5.74, 6) is 0. The molecule has 0 aliphatic rings. The van der Waals surface area contributed by atoms with E-state index in [1.54, 1.807) is 11.0 Å². The van der Waals surface area contributed by atoms with Gasteiger partial charge in [0.2, 0.25) is 0 Å². The first-order valence-electron chi connectivity index (χ1n) is 6.73. The van der Waals surface area contributed by atoms with Crippen LogP contribution in [0.4, 0.5) is 0 Å². The maximum atomic E-state index is 5.96. The molecule has 0 fully saturated rings. The molecule has 0 aliphatic carbocycles. The van der Waals surface area contributed by atoms with Crippen molar-refractivity contribution in [3.8, 4) is 5.69 Å². The number of nitrogens with one attached hydrogen (secondary N) is 1. The first-order chi connectivity index (χ1) is 10.3. The van der Waals surface area contributed by atoms with Gasteiger partial charge in [-0.1, -0.05) is 41.9 Å². The van der Waals surface area contributed by atoms with Gasteiger partial charge in [-0.3, -0.25) is 0 Å². The third-order valence-corrected chi connectivity index (χ3v) is 3.29. The molecule has 4 nitrogen and oxygen atoms in total. The van der Waals surface area contributed by atoms with Crippen LogP contribution in [0.2, 0.25) is 5.02 Å². The number of hydrogen-bond donors (Lipinski definition) is 1. The van der Waals surface area contributed by atoms with Gasteiger partial charge in [-0.2, -0.15) is 15.0 Å². The maximum Gasteiger partial charge on any atom is 0.0969 e. The largest absolute Gasteiger partial charge is 0.307 e. The summed E-state index contributed by atoms with van der Waals surface area (Å²) >= 11 is 5.96. The van der Waals surface area contributed by atoms with E-state index in [0.717, 1.165) is 28.5 Å². The Morgan fingerprint density at radius 1 is 1.00 bits per heavy atom. The van der Waals surface area contributed by atoms with Gasteiger partial charge < -0.3 is 5.32 Å². The van der Waals surface area contributed by atoms with Gasteiger partial charge in [0.05, 0.1) is 17.6 Å². The normalized spacial score (nSPS) is 10.7. The van der Waals surface area contributed by atoms with Gasteiger partial charge >= 0.3 is 0 Å². The van der Waals surface area contributed by atoms with Crippen LogP contribution in [0.5, 0.6) is 0 Å². The molecule has 0 radical (unpaired) electrons. The molecule has 21 heavy (non-hydrogen) atoms. The second-order valence-corrected chi connectivity index (χ2v) is 5.13. The topological polar surface area (TPSA) is 42.7 Å². The summed E-state index contributed by atoms with van der Waals surface area (Å²) in [6.45, 7) is 1.41. The lowest BCUT2D eigenvalue weighted by molar-refractivity contribution is 0.662. The van der Waals surface area contributed by atoms with Crippen LogP contribution in [-0.4, -0.2) is 15.0 Å². The van der Waals surface area contributed by atoms with E-state index in [-0.39, 0.29) is 0 Å². The smallest absolute Gasteiger partial charge is 0.0969 e. The SMILES string of the molecule is Clc1cccc(CNCc2cnn(-c3ccccc3)n2)c1. The highest BCUT2D eigenvalue weighted by atomic mass is 35.5. The maximum absolute atomic E-state index is 5.96. The molecular weight excluding hydrogens is 284 g/mol. The average Bonchev–Trinajstić information content (AvgIpc) is 2.97. The van der Waals surface area contributed by atoms with Crippen molar-refractivity contribution >= 4 is 11.6 Å². The van der Waals surface area contributed by atoms with Crippen LogP contribution in [-0.2, 0) is 13.1 Å². The Balaban J connectivity index is 1.58. The highest BCUT2D eigenvalue weighted by Crippen LogP contribution is 2.10. The molecule has 0 saturated carbocycles. The minimum absolute atomic E-state index is 0.666. The predicted octanol–water partition coefficient (Wildman–Crippen LogP) is 3.21. The van der Waals surface area contributed by atoms with Crippen molar-refractivity contribution in [3.05, 3.63) is 77.1 Å². The number of halogens is 1. The van der Waals surface area contributed by atoms with Crippen LogP contribution in [0.1, 0.15) is 11.3 Å². The predicted molar refractivity (Wildman–Crippen MR) is 83.4 cm³/mol. The number of rotatable bonds is 5. The highest BCUT2D eigenvalue weighted by Gasteiger charge is 2.02. The molecule has 3 rings (SSSR count). The van der Waals surface area contributed by atoms with Crippen molar-refractivity contribution in [2.24, 2.45) is 0 Å². The van der Waals surface area contributed by atoms with E-state index in [1.807, 2.05) is 54.6 Å². The van der Waals surface area contributed by atoms with Crippen molar-refractivity contribution in [3.63, 3.8) is 0 Å². The van der Waals surface area contributed by atoms with Gasteiger partial charge in [-0.25, -0.2) is 0 Å². The molecule has 5 heteroatoms. The second-order valence-electron chi connectivity index (χ2n) is 4.69. The van der Waals surface area contributed by atoms with Crippen molar-refractivity contribution in [2.75, 3.05) is 0 Å². The van der Waals surface area contributed by atoms with Crippen LogP contribution in [0.3, 0.4) is 0 Å². The number of para-hydroxylation sites is 1. The van der Waals surface area contributed by atoms with E-state index in [4.69, 9.17) is 11.6 Å². The number of benzene rings is 2. The van der Waals surface area contributed by atoms with Gasteiger partial charge in [0, 0.05) is 18.1 Å². The minimum Gasteiger partial charge on any atom is -0.307 e. The Kier molecular flexibility index (Phi) is 4.28. The fourth-order valence-electron chi connectivity index (χ4n) is 2.04. The van der Waals surface area contributed by atoms with E-state index < -0.39 is 0 Å². The van der Waals surface area contributed by atoms with Crippen LogP contribution in [0.25, 0.3) is 5.69 Å². The summed E-state index contributed by atoms with van der Waals surface area (Å²) in [5.41, 5.74) is 3.01. The van der Waals surface area contributed by atoms with E-state index in [1.165, 1.54) is 0 Å². The van der Waals surface area contributed by atoms with Crippen molar-refractivity contribution in [1.82, 2.24) is 20.3 Å². The van der Waals surface area contributed by atoms with Gasteiger partial charge in [0.15, 0.2) is 0 Å². The quantitative estimate of drug-likeness (QED) is 0.786. The van der Waals surface area contributed by atoms with Crippen molar-refractivity contribution in [2.45, 2.75) is 13.1 Å². The summed E-state index contributed by atoms with van der Waals surface area (Å²) in [7, 11) is 0. The van der Waals surface area contributed by atoms with Crippen LogP contribution in [0, 0.1) is 0 Å². The van der Waals surface area contributed by atoms with E-state index in [2.05, 4.69) is 15.5 Å². The van der Waals surface area contributed by atoms with Gasteiger partial charge in [-0.15, -0.1) is 0 Å². The van der Waals surface area contributed by atoms with Gasteiger partial charge in [0.1, 0.15) is 0 Å². The van der Waals surface area contributed by atoms with E-state index in [9.17, 15) is 0 Å². The monoisotopic (exact) mass is 298 g/mol. The zero-order valence-electron chi connectivity index (χ0n) is 11.4. The molecule has 106 valence electrons. The third-order valence-electron chi connectivity index (χ3n) is 3.05. The molecule has 0 unspecified atom stereocenters. The Bertz CT molecular complexity index is 709. The lowest BCUT2D eigenvalue weighted by Crippen LogP contribution is -2.13. The first kappa shape index (κ1) is 13.8. The molecule has 1 N–H and O–H groups in total. The zero-order chi connectivity index (χ0) is 14.5. The van der Waals surface area contributed by atoms with Gasteiger partial charge in [-0.05, 0) is 29.8 Å². The molecule has 1 aromatic heterocycles. The zero-order valence-corrected chi connectivity index (χ0v) is 12.2. The van der Waals surface area contributed by atoms with Crippen molar-refractivity contribution < 1.29 is 0 Å². The number of nitrogens with zero attached hydrogens (tertiary/aromatic N) is 3. The molecule has 0 bridgehead atoms. The Labute approximate surface area is 128 Å². The molecule has 2 aromatic carbocycles. The third kappa shape index (κ3) is 3.68. The lowest BCUT2D eigenvalue weighted by atomic mass is 10.2. The Hall–Kier alpha value is -2.17. The van der Waals surface area contributed by atoms with E-state index >= 15 is 0 Å². The van der Waals surface area contributed by atoms with Crippen molar-refractivity contribution in [1.29, 1.82) is 0 Å². The first-order valence-corrected chi connectivity index (χ1v) is 7.11. The summed E-state index contributed by atoms with van der Waals surface area (Å²) in [6, 6.07) is 17.7. The summed E-state index contributed by atoms with van der Waals surface area (Å²) in [5, 5.41) is 12.8. The molecule has 0 saturated heterocycles. The van der Waals surface area contributed by atoms with Crippen LogP contribution >= 0.6 is 11.6 Å². The molecule has 0 spiro atoms. The van der Waals surface area contributed by atoms with Crippen LogP contribution in [0.15, 0.2) is 60.8 Å². The minimum atomic E-state index is 0.666. The number of hydrogen-bond acceptors (Lipinski definition) is 3. The standard InChI is InChI=1S/C16H15ClN4/c17-14-6-4-5-13(9-14)10-18-11-15-12-19-21(20-15)16-7-2-1-3-8-16/h1-9,12,18H,10-11H2. The molecule has 1 heterocycles. The van der Waals surface area contributed by atoms with Crippen LogP contribution < -0.4 is 5.32 Å². The second kappa shape index (κ2) is 6.52. The summed E-state index contributed by atoms with van der Waals surface area (Å²) < 4.78 is 0. The average molecular weight is 299 g/mol. The Morgan fingerprint density at radius 3 is 2.67 bits per heavy atom. The van der Waals surface area contributed by atoms with Gasteiger partial charge in [0.25, 0.3) is 0 Å². The van der Waals surface area contributed by atoms with E-state index in [0.29, 0.717) is 6.54 Å².